The fourth-order valence-electron chi connectivity index (χ4n) is 1.87. The Bertz CT molecular complexity index is 811. The summed E-state index contributed by atoms with van der Waals surface area (Å²) in [4.78, 5) is 9.01. The first-order valence-electron chi connectivity index (χ1n) is 7.36. The number of nitrogens with zero attached hydrogens (tertiary/aromatic N) is 2. The van der Waals surface area contributed by atoms with Gasteiger partial charge in [-0.25, -0.2) is 13.2 Å². The normalized spacial score (nSPS) is 11.5. The van der Waals surface area contributed by atoms with Gasteiger partial charge >= 0.3 is 0 Å². The van der Waals surface area contributed by atoms with E-state index in [0.717, 1.165) is 18.2 Å². The lowest BCUT2D eigenvalue weighted by atomic mass is 10.1. The van der Waals surface area contributed by atoms with Crippen molar-refractivity contribution in [2.75, 3.05) is 14.2 Å². The van der Waals surface area contributed by atoms with Crippen LogP contribution in [0.5, 0.6) is 0 Å². The highest BCUT2D eigenvalue weighted by Crippen LogP contribution is 2.16. The van der Waals surface area contributed by atoms with Crippen molar-refractivity contribution in [3.8, 4) is 0 Å². The van der Waals surface area contributed by atoms with Gasteiger partial charge in [0.25, 0.3) is 0 Å². The number of halogens is 4. The number of rotatable bonds is 4. The van der Waals surface area contributed by atoms with Crippen LogP contribution in [0.2, 0.25) is 5.02 Å². The zero-order chi connectivity index (χ0) is 19.7. The molecule has 0 aliphatic heterocycles. The number of hydrogen-bond acceptors (Lipinski definition) is 4. The number of oxime groups is 2. The Balaban J connectivity index is 0.000000260. The minimum absolute atomic E-state index is 0.106. The minimum Gasteiger partial charge on any atom is -0.399 e. The summed E-state index contributed by atoms with van der Waals surface area (Å²) < 4.78 is 38.7. The molecule has 0 aliphatic carbocycles. The number of benzene rings is 2. The molecule has 0 saturated heterocycles. The van der Waals surface area contributed by atoms with Crippen LogP contribution in [0.15, 0.2) is 46.7 Å². The summed E-state index contributed by atoms with van der Waals surface area (Å²) in [5.41, 5.74) is 1.68. The predicted molar refractivity (Wildman–Crippen MR) is 96.2 cm³/mol. The van der Waals surface area contributed by atoms with Gasteiger partial charge in [-0.2, -0.15) is 0 Å². The first-order valence-corrected chi connectivity index (χ1v) is 7.74. The van der Waals surface area contributed by atoms with Crippen LogP contribution >= 0.6 is 11.6 Å². The molecule has 0 fully saturated rings. The maximum absolute atomic E-state index is 13.0. The molecule has 0 heterocycles. The maximum atomic E-state index is 13.0. The van der Waals surface area contributed by atoms with Gasteiger partial charge < -0.3 is 9.68 Å². The SMILES string of the molecule is CO/N=C(\C)c1cc(F)ccc1F.CO/N=C(\C)c1ccc(Cl)c(F)c1. The second kappa shape index (κ2) is 10.5. The van der Waals surface area contributed by atoms with E-state index in [1.54, 1.807) is 19.9 Å². The monoisotopic (exact) mass is 386 g/mol. The van der Waals surface area contributed by atoms with Crippen molar-refractivity contribution in [1.82, 2.24) is 0 Å². The Labute approximate surface area is 154 Å². The fourth-order valence-corrected chi connectivity index (χ4v) is 1.99. The van der Waals surface area contributed by atoms with E-state index in [1.165, 1.54) is 26.4 Å². The second-order valence-corrected chi connectivity index (χ2v) is 5.38. The van der Waals surface area contributed by atoms with Crippen LogP contribution in [-0.2, 0) is 9.68 Å². The topological polar surface area (TPSA) is 43.2 Å². The predicted octanol–water partition coefficient (Wildman–Crippen LogP) is 5.18. The highest BCUT2D eigenvalue weighted by molar-refractivity contribution is 6.30. The second-order valence-electron chi connectivity index (χ2n) is 4.97. The fraction of sp³-hybridized carbons (Fsp3) is 0.222. The van der Waals surface area contributed by atoms with Crippen LogP contribution in [0.1, 0.15) is 25.0 Å². The largest absolute Gasteiger partial charge is 0.399 e. The van der Waals surface area contributed by atoms with Crippen LogP contribution in [0.3, 0.4) is 0 Å². The minimum atomic E-state index is -0.514. The van der Waals surface area contributed by atoms with Crippen LogP contribution in [-0.4, -0.2) is 25.6 Å². The molecular formula is C18H18ClF3N2O2. The summed E-state index contributed by atoms with van der Waals surface area (Å²) in [5.74, 6) is -1.47. The van der Waals surface area contributed by atoms with Crippen molar-refractivity contribution in [1.29, 1.82) is 0 Å². The van der Waals surface area contributed by atoms with Gasteiger partial charge in [0, 0.05) is 11.1 Å². The lowest BCUT2D eigenvalue weighted by molar-refractivity contribution is 0.213. The summed E-state index contributed by atoms with van der Waals surface area (Å²) in [6, 6.07) is 7.68. The molecule has 0 aliphatic rings. The van der Waals surface area contributed by atoms with Gasteiger partial charge in [0.2, 0.25) is 0 Å². The summed E-state index contributed by atoms with van der Waals surface area (Å²) in [5, 5.41) is 7.28. The van der Waals surface area contributed by atoms with Crippen molar-refractivity contribution >= 4 is 23.0 Å². The molecule has 2 aromatic carbocycles. The smallest absolute Gasteiger partial charge is 0.142 e. The lowest BCUT2D eigenvalue weighted by Crippen LogP contribution is -2.00. The first-order chi connectivity index (χ1) is 12.3. The third-order valence-electron chi connectivity index (χ3n) is 3.11. The number of hydrogen-bond donors (Lipinski definition) is 0. The third-order valence-corrected chi connectivity index (χ3v) is 3.42. The van der Waals surface area contributed by atoms with Gasteiger partial charge in [-0.3, -0.25) is 0 Å². The molecule has 4 nitrogen and oxygen atoms in total. The van der Waals surface area contributed by atoms with Crippen molar-refractivity contribution in [3.63, 3.8) is 0 Å². The van der Waals surface area contributed by atoms with E-state index in [1.807, 2.05) is 0 Å². The Morgan fingerprint density at radius 1 is 0.846 bits per heavy atom. The van der Waals surface area contributed by atoms with Gasteiger partial charge in [-0.1, -0.05) is 28.0 Å². The summed E-state index contributed by atoms with van der Waals surface area (Å²) in [6.45, 7) is 3.27. The molecule has 0 unspecified atom stereocenters. The molecular weight excluding hydrogens is 369 g/mol. The maximum Gasteiger partial charge on any atom is 0.142 e. The van der Waals surface area contributed by atoms with E-state index in [4.69, 9.17) is 11.6 Å². The Morgan fingerprint density at radius 2 is 1.46 bits per heavy atom. The van der Waals surface area contributed by atoms with E-state index in [0.29, 0.717) is 17.0 Å². The molecule has 0 aromatic heterocycles. The highest BCUT2D eigenvalue weighted by Gasteiger charge is 2.07. The third kappa shape index (κ3) is 6.40. The van der Waals surface area contributed by atoms with Gasteiger partial charge in [0.1, 0.15) is 31.7 Å². The average Bonchev–Trinajstić information content (AvgIpc) is 2.60. The van der Waals surface area contributed by atoms with Crippen molar-refractivity contribution in [3.05, 3.63) is 70.0 Å². The molecule has 2 aromatic rings. The first kappa shape index (κ1) is 21.5. The van der Waals surface area contributed by atoms with Crippen molar-refractivity contribution < 1.29 is 22.8 Å². The molecule has 26 heavy (non-hydrogen) atoms. The van der Waals surface area contributed by atoms with E-state index in [2.05, 4.69) is 20.0 Å². The summed E-state index contributed by atoms with van der Waals surface area (Å²) in [7, 11) is 2.79. The van der Waals surface area contributed by atoms with E-state index in [-0.39, 0.29) is 10.6 Å². The highest BCUT2D eigenvalue weighted by atomic mass is 35.5. The van der Waals surface area contributed by atoms with E-state index >= 15 is 0 Å². The molecule has 2 rings (SSSR count). The van der Waals surface area contributed by atoms with Crippen molar-refractivity contribution in [2.45, 2.75) is 13.8 Å². The van der Waals surface area contributed by atoms with E-state index in [9.17, 15) is 13.2 Å². The molecule has 8 heteroatoms. The Hall–Kier alpha value is -2.54. The van der Waals surface area contributed by atoms with Crippen LogP contribution in [0.4, 0.5) is 13.2 Å². The van der Waals surface area contributed by atoms with Gasteiger partial charge in [0.05, 0.1) is 16.4 Å². The van der Waals surface area contributed by atoms with Gasteiger partial charge in [0.15, 0.2) is 0 Å². The molecule has 140 valence electrons. The lowest BCUT2D eigenvalue weighted by Gasteiger charge is -2.01. The Kier molecular flexibility index (Phi) is 8.64. The quantitative estimate of drug-likeness (QED) is 0.536. The summed E-state index contributed by atoms with van der Waals surface area (Å²) >= 11 is 5.52. The molecule has 0 spiro atoms. The zero-order valence-corrected chi connectivity index (χ0v) is 15.4. The molecule has 0 bridgehead atoms. The standard InChI is InChI=1S/C9H9ClFNO.C9H9F2NO/c1-6(12-13-2)7-3-4-8(10)9(11)5-7;1-6(12-13-2)8-5-7(10)3-4-9(8)11/h2*3-5H,1-2H3/b2*12-6+. The van der Waals surface area contributed by atoms with Crippen LogP contribution in [0.25, 0.3) is 0 Å². The Morgan fingerprint density at radius 3 is 2.04 bits per heavy atom. The molecule has 0 atom stereocenters. The van der Waals surface area contributed by atoms with Crippen LogP contribution < -0.4 is 0 Å². The molecule has 0 saturated carbocycles. The summed E-state index contributed by atoms with van der Waals surface area (Å²) in [6.07, 6.45) is 0. The van der Waals surface area contributed by atoms with E-state index < -0.39 is 17.5 Å². The zero-order valence-electron chi connectivity index (χ0n) is 14.7. The average molecular weight is 387 g/mol. The molecule has 0 N–H and O–H groups in total. The van der Waals surface area contributed by atoms with Crippen molar-refractivity contribution in [2.24, 2.45) is 10.3 Å². The molecule has 0 radical (unpaired) electrons. The van der Waals surface area contributed by atoms with Crippen LogP contribution in [0, 0.1) is 17.5 Å². The van der Waals surface area contributed by atoms with Gasteiger partial charge in [-0.15, -0.1) is 0 Å². The van der Waals surface area contributed by atoms with Gasteiger partial charge in [-0.05, 0) is 44.2 Å². The molecule has 0 amide bonds.